The summed E-state index contributed by atoms with van der Waals surface area (Å²) in [6.45, 7) is 5.47. The van der Waals surface area contributed by atoms with Crippen LogP contribution in [0.2, 0.25) is 0 Å². The zero-order chi connectivity index (χ0) is 17.5. The number of hydrogen-bond donors (Lipinski definition) is 1. The lowest BCUT2D eigenvalue weighted by molar-refractivity contribution is 0.0181. The summed E-state index contributed by atoms with van der Waals surface area (Å²) in [5, 5.41) is 2.96. The number of urea groups is 1. The first-order chi connectivity index (χ1) is 12.2. The van der Waals surface area contributed by atoms with E-state index in [9.17, 15) is 4.79 Å². The van der Waals surface area contributed by atoms with Crippen LogP contribution in [-0.4, -0.2) is 56.0 Å². The summed E-state index contributed by atoms with van der Waals surface area (Å²) in [6.07, 6.45) is 4.47. The molecule has 2 amide bonds. The molecule has 2 heterocycles. The number of ether oxygens (including phenoxy) is 3. The lowest BCUT2D eigenvalue weighted by atomic mass is 10.1. The van der Waals surface area contributed by atoms with Crippen molar-refractivity contribution in [1.82, 2.24) is 4.90 Å². The zero-order valence-corrected chi connectivity index (χ0v) is 14.9. The van der Waals surface area contributed by atoms with Gasteiger partial charge in [-0.25, -0.2) is 4.79 Å². The first-order valence-electron chi connectivity index (χ1n) is 9.26. The van der Waals surface area contributed by atoms with Crippen LogP contribution in [0.1, 0.15) is 32.6 Å². The van der Waals surface area contributed by atoms with Crippen LogP contribution in [0.5, 0.6) is 5.75 Å². The number of benzene rings is 1. The van der Waals surface area contributed by atoms with Gasteiger partial charge in [-0.15, -0.1) is 0 Å². The maximum atomic E-state index is 12.5. The van der Waals surface area contributed by atoms with E-state index in [1.165, 1.54) is 0 Å². The fourth-order valence-corrected chi connectivity index (χ4v) is 3.33. The van der Waals surface area contributed by atoms with Gasteiger partial charge in [0.05, 0.1) is 12.2 Å². The average Bonchev–Trinajstić information content (AvgIpc) is 3.14. The highest BCUT2D eigenvalue weighted by molar-refractivity contribution is 5.89. The highest BCUT2D eigenvalue weighted by Crippen LogP contribution is 2.21. The van der Waals surface area contributed by atoms with Gasteiger partial charge in [0.2, 0.25) is 0 Å². The van der Waals surface area contributed by atoms with Crippen molar-refractivity contribution in [3.63, 3.8) is 0 Å². The van der Waals surface area contributed by atoms with Crippen LogP contribution in [-0.2, 0) is 9.47 Å². The topological polar surface area (TPSA) is 60.0 Å². The number of nitrogens with one attached hydrogen (secondary N) is 1. The second-order valence-electron chi connectivity index (χ2n) is 6.57. The third-order valence-corrected chi connectivity index (χ3v) is 4.61. The summed E-state index contributed by atoms with van der Waals surface area (Å²) in [4.78, 5) is 14.3. The van der Waals surface area contributed by atoms with Crippen molar-refractivity contribution in [2.45, 2.75) is 44.8 Å². The maximum Gasteiger partial charge on any atom is 0.321 e. The van der Waals surface area contributed by atoms with Gasteiger partial charge in [-0.3, -0.25) is 0 Å². The molecule has 3 rings (SSSR count). The van der Waals surface area contributed by atoms with E-state index >= 15 is 0 Å². The van der Waals surface area contributed by atoms with Crippen molar-refractivity contribution in [3.8, 4) is 5.75 Å². The maximum absolute atomic E-state index is 12.5. The molecule has 0 aliphatic carbocycles. The van der Waals surface area contributed by atoms with Gasteiger partial charge in [0.15, 0.2) is 0 Å². The molecule has 0 spiro atoms. The predicted molar refractivity (Wildman–Crippen MR) is 96.2 cm³/mol. The number of likely N-dealkylation sites (tertiary alicyclic amines) is 1. The van der Waals surface area contributed by atoms with E-state index in [2.05, 4.69) is 5.32 Å². The number of amides is 2. The van der Waals surface area contributed by atoms with Crippen LogP contribution >= 0.6 is 0 Å². The highest BCUT2D eigenvalue weighted by atomic mass is 16.5. The number of nitrogens with zero attached hydrogens (tertiary/aromatic N) is 1. The molecule has 2 aliphatic heterocycles. The minimum absolute atomic E-state index is 0.0827. The summed E-state index contributed by atoms with van der Waals surface area (Å²) in [6, 6.07) is 7.44. The minimum atomic E-state index is -0.0827. The Balaban J connectivity index is 1.51. The monoisotopic (exact) mass is 348 g/mol. The Morgan fingerprint density at radius 1 is 1.36 bits per heavy atom. The predicted octanol–water partition coefficient (Wildman–Crippen LogP) is 3.28. The molecule has 0 bridgehead atoms. The summed E-state index contributed by atoms with van der Waals surface area (Å²) in [7, 11) is 0. The van der Waals surface area contributed by atoms with E-state index in [-0.39, 0.29) is 18.2 Å². The number of rotatable bonds is 6. The number of hydrogen-bond acceptors (Lipinski definition) is 4. The Bertz CT molecular complexity index is 558. The van der Waals surface area contributed by atoms with Crippen molar-refractivity contribution in [1.29, 1.82) is 0 Å². The largest absolute Gasteiger partial charge is 0.491 e. The van der Waals surface area contributed by atoms with Gasteiger partial charge in [-0.2, -0.15) is 0 Å². The molecule has 1 aromatic rings. The molecule has 0 radical (unpaired) electrons. The van der Waals surface area contributed by atoms with Gasteiger partial charge in [0.1, 0.15) is 12.4 Å². The second kappa shape index (κ2) is 9.06. The van der Waals surface area contributed by atoms with Crippen molar-refractivity contribution in [2.75, 3.05) is 38.2 Å². The molecule has 25 heavy (non-hydrogen) atoms. The smallest absolute Gasteiger partial charge is 0.321 e. The third-order valence-electron chi connectivity index (χ3n) is 4.61. The molecular formula is C19H28N2O4. The van der Waals surface area contributed by atoms with Gasteiger partial charge in [0.25, 0.3) is 0 Å². The quantitative estimate of drug-likeness (QED) is 0.857. The van der Waals surface area contributed by atoms with Crippen molar-refractivity contribution in [3.05, 3.63) is 24.3 Å². The van der Waals surface area contributed by atoms with E-state index in [0.717, 1.165) is 50.3 Å². The zero-order valence-electron chi connectivity index (χ0n) is 14.9. The van der Waals surface area contributed by atoms with Gasteiger partial charge in [-0.1, -0.05) is 6.07 Å². The van der Waals surface area contributed by atoms with E-state index in [1.54, 1.807) is 0 Å². The van der Waals surface area contributed by atoms with Crippen LogP contribution in [0.3, 0.4) is 0 Å². The Kier molecular flexibility index (Phi) is 6.53. The fraction of sp³-hybridized carbons (Fsp3) is 0.632. The molecule has 138 valence electrons. The van der Waals surface area contributed by atoms with Crippen LogP contribution in [0.4, 0.5) is 10.5 Å². The van der Waals surface area contributed by atoms with E-state index in [4.69, 9.17) is 14.2 Å². The Labute approximate surface area is 149 Å². The first kappa shape index (κ1) is 18.0. The number of carbonyl (C=O) groups is 1. The van der Waals surface area contributed by atoms with Gasteiger partial charge >= 0.3 is 6.03 Å². The minimum Gasteiger partial charge on any atom is -0.491 e. The van der Waals surface area contributed by atoms with Crippen LogP contribution in [0.25, 0.3) is 0 Å². The van der Waals surface area contributed by atoms with Gasteiger partial charge in [0, 0.05) is 38.1 Å². The Morgan fingerprint density at radius 2 is 2.28 bits per heavy atom. The molecule has 6 nitrogen and oxygen atoms in total. The highest BCUT2D eigenvalue weighted by Gasteiger charge is 2.24. The molecule has 2 fully saturated rings. The second-order valence-corrected chi connectivity index (χ2v) is 6.57. The van der Waals surface area contributed by atoms with Crippen LogP contribution < -0.4 is 10.1 Å². The fourth-order valence-electron chi connectivity index (χ4n) is 3.33. The standard InChI is InChI=1S/C19H28N2O4/c1-2-23-17-8-4-10-21(13-17)19(22)20-15-6-3-7-16(12-15)25-14-18-9-5-11-24-18/h3,6-7,12,17-18H,2,4-5,8-11,13-14H2,1H3,(H,20,22)/t17-,18+/m1/s1. The van der Waals surface area contributed by atoms with Crippen LogP contribution in [0, 0.1) is 0 Å². The van der Waals surface area contributed by atoms with Crippen molar-refractivity contribution < 1.29 is 19.0 Å². The molecule has 2 aliphatic rings. The molecule has 2 atom stereocenters. The summed E-state index contributed by atoms with van der Waals surface area (Å²) in [5.41, 5.74) is 0.744. The molecular weight excluding hydrogens is 320 g/mol. The SMILES string of the molecule is CCO[C@@H]1CCCN(C(=O)Nc2cccc(OC[C@@H]3CCCO3)c2)C1. The molecule has 0 saturated carbocycles. The summed E-state index contributed by atoms with van der Waals surface area (Å²) in [5.74, 6) is 0.749. The number of carbonyl (C=O) groups excluding carboxylic acids is 1. The first-order valence-corrected chi connectivity index (χ1v) is 9.26. The molecule has 2 saturated heterocycles. The van der Waals surface area contributed by atoms with E-state index in [1.807, 2.05) is 36.1 Å². The summed E-state index contributed by atoms with van der Waals surface area (Å²) >= 11 is 0. The Hall–Kier alpha value is -1.79. The lowest BCUT2D eigenvalue weighted by Crippen LogP contribution is -2.45. The lowest BCUT2D eigenvalue weighted by Gasteiger charge is -2.32. The number of anilines is 1. The van der Waals surface area contributed by atoms with Gasteiger partial charge < -0.3 is 24.4 Å². The average molecular weight is 348 g/mol. The number of piperidine rings is 1. The van der Waals surface area contributed by atoms with Gasteiger partial charge in [-0.05, 0) is 44.7 Å². The van der Waals surface area contributed by atoms with Crippen LogP contribution in [0.15, 0.2) is 24.3 Å². The molecule has 1 N–H and O–H groups in total. The van der Waals surface area contributed by atoms with E-state index in [0.29, 0.717) is 19.8 Å². The normalized spacial score (nSPS) is 23.5. The Morgan fingerprint density at radius 3 is 3.08 bits per heavy atom. The molecule has 0 unspecified atom stereocenters. The molecule has 6 heteroatoms. The van der Waals surface area contributed by atoms with E-state index < -0.39 is 0 Å². The molecule has 0 aromatic heterocycles. The van der Waals surface area contributed by atoms with Crippen molar-refractivity contribution >= 4 is 11.7 Å². The third kappa shape index (κ3) is 5.34. The molecule has 1 aromatic carbocycles. The summed E-state index contributed by atoms with van der Waals surface area (Å²) < 4.78 is 17.0. The van der Waals surface area contributed by atoms with Crippen molar-refractivity contribution in [2.24, 2.45) is 0 Å².